The van der Waals surface area contributed by atoms with Gasteiger partial charge < -0.3 is 10.1 Å². The summed E-state index contributed by atoms with van der Waals surface area (Å²) >= 11 is 0. The number of benzene rings is 3. The molecule has 0 aliphatic carbocycles. The topological polar surface area (TPSA) is 56.2 Å². The number of para-hydroxylation sites is 1. The number of ether oxygens (including phenoxy) is 1. The van der Waals surface area contributed by atoms with Crippen LogP contribution in [-0.4, -0.2) is 16.6 Å². The van der Waals surface area contributed by atoms with E-state index >= 15 is 0 Å². The second-order valence-electron chi connectivity index (χ2n) is 6.91. The van der Waals surface area contributed by atoms with Crippen LogP contribution >= 0.6 is 0 Å². The molecule has 0 bridgehead atoms. The molecule has 0 saturated heterocycles. The number of rotatable bonds is 6. The molecular formula is C24H23N3O2. The van der Waals surface area contributed by atoms with Crippen LogP contribution in [0, 0.1) is 0 Å². The van der Waals surface area contributed by atoms with Crippen molar-refractivity contribution in [2.45, 2.75) is 19.6 Å². The predicted molar refractivity (Wildman–Crippen MR) is 116 cm³/mol. The Kier molecular flexibility index (Phi) is 5.40. The van der Waals surface area contributed by atoms with Crippen LogP contribution in [0.1, 0.15) is 24.4 Å². The minimum absolute atomic E-state index is 0.0781. The van der Waals surface area contributed by atoms with Gasteiger partial charge in [0.2, 0.25) is 0 Å². The standard InChI is InChI=1S/C24H23N3O2/c1-17(25-2)23-26-22-11-7-6-10-21(22)24(28)27(23)19-12-14-20(15-13-19)29-16-18-8-4-3-5-9-18/h3-15,17,25H,16H2,1-2H3. The van der Waals surface area contributed by atoms with Crippen LogP contribution in [0.5, 0.6) is 5.75 Å². The summed E-state index contributed by atoms with van der Waals surface area (Å²) in [5.41, 5.74) is 2.49. The number of nitrogens with zero attached hydrogens (tertiary/aromatic N) is 2. The zero-order valence-electron chi connectivity index (χ0n) is 16.5. The molecule has 0 aliphatic heterocycles. The third-order valence-corrected chi connectivity index (χ3v) is 4.97. The first-order valence-electron chi connectivity index (χ1n) is 9.63. The lowest BCUT2D eigenvalue weighted by Gasteiger charge is -2.18. The molecular weight excluding hydrogens is 362 g/mol. The molecule has 3 aromatic carbocycles. The first-order valence-corrected chi connectivity index (χ1v) is 9.63. The van der Waals surface area contributed by atoms with Gasteiger partial charge in [0, 0.05) is 0 Å². The van der Waals surface area contributed by atoms with E-state index in [1.165, 1.54) is 0 Å². The smallest absolute Gasteiger partial charge is 0.266 e. The van der Waals surface area contributed by atoms with E-state index < -0.39 is 0 Å². The lowest BCUT2D eigenvalue weighted by Crippen LogP contribution is -2.28. The molecule has 146 valence electrons. The zero-order chi connectivity index (χ0) is 20.2. The second-order valence-corrected chi connectivity index (χ2v) is 6.91. The Morgan fingerprint density at radius 2 is 1.66 bits per heavy atom. The summed E-state index contributed by atoms with van der Waals surface area (Å²) in [5, 5.41) is 3.79. The van der Waals surface area contributed by atoms with E-state index in [0.29, 0.717) is 23.3 Å². The van der Waals surface area contributed by atoms with E-state index in [9.17, 15) is 4.79 Å². The average Bonchev–Trinajstić information content (AvgIpc) is 2.78. The van der Waals surface area contributed by atoms with Gasteiger partial charge in [0.25, 0.3) is 5.56 Å². The number of hydrogen-bond donors (Lipinski definition) is 1. The van der Waals surface area contributed by atoms with Gasteiger partial charge in [-0.2, -0.15) is 0 Å². The summed E-state index contributed by atoms with van der Waals surface area (Å²) < 4.78 is 7.54. The molecule has 1 unspecified atom stereocenters. The van der Waals surface area contributed by atoms with Crippen LogP contribution in [0.15, 0.2) is 83.7 Å². The lowest BCUT2D eigenvalue weighted by molar-refractivity contribution is 0.306. The normalized spacial score (nSPS) is 12.1. The van der Waals surface area contributed by atoms with E-state index in [1.807, 2.05) is 92.8 Å². The third-order valence-electron chi connectivity index (χ3n) is 4.97. The van der Waals surface area contributed by atoms with Crippen molar-refractivity contribution < 1.29 is 4.74 Å². The third kappa shape index (κ3) is 3.91. The predicted octanol–water partition coefficient (Wildman–Crippen LogP) is 4.25. The van der Waals surface area contributed by atoms with Crippen LogP contribution in [0.2, 0.25) is 0 Å². The average molecular weight is 385 g/mol. The van der Waals surface area contributed by atoms with Crippen molar-refractivity contribution in [3.05, 3.63) is 101 Å². The van der Waals surface area contributed by atoms with E-state index in [4.69, 9.17) is 9.72 Å². The molecule has 5 heteroatoms. The Morgan fingerprint density at radius 1 is 0.966 bits per heavy atom. The van der Waals surface area contributed by atoms with Gasteiger partial charge in [-0.15, -0.1) is 0 Å². The van der Waals surface area contributed by atoms with E-state index in [0.717, 1.165) is 17.0 Å². The van der Waals surface area contributed by atoms with Gasteiger partial charge in [-0.25, -0.2) is 4.98 Å². The number of fused-ring (bicyclic) bond motifs is 1. The molecule has 0 spiro atoms. The Balaban J connectivity index is 1.70. The molecule has 4 rings (SSSR count). The van der Waals surface area contributed by atoms with Crippen LogP contribution < -0.4 is 15.6 Å². The van der Waals surface area contributed by atoms with Crippen LogP contribution in [0.25, 0.3) is 16.6 Å². The quantitative estimate of drug-likeness (QED) is 0.539. The molecule has 1 atom stereocenters. The van der Waals surface area contributed by atoms with Crippen molar-refractivity contribution in [1.82, 2.24) is 14.9 Å². The Labute approximate surface area is 169 Å². The van der Waals surface area contributed by atoms with Gasteiger partial charge >= 0.3 is 0 Å². The maximum absolute atomic E-state index is 13.2. The summed E-state index contributed by atoms with van der Waals surface area (Å²) in [6.07, 6.45) is 0. The molecule has 0 aliphatic rings. The molecule has 0 fully saturated rings. The fourth-order valence-corrected chi connectivity index (χ4v) is 3.25. The largest absolute Gasteiger partial charge is 0.489 e. The van der Waals surface area contributed by atoms with E-state index in [1.54, 1.807) is 4.57 Å². The van der Waals surface area contributed by atoms with Gasteiger partial charge in [0.15, 0.2) is 0 Å². The summed E-state index contributed by atoms with van der Waals surface area (Å²) in [6, 6.07) is 24.9. The van der Waals surface area contributed by atoms with Crippen molar-refractivity contribution in [2.24, 2.45) is 0 Å². The molecule has 1 N–H and O–H groups in total. The van der Waals surface area contributed by atoms with Gasteiger partial charge in [-0.05, 0) is 55.9 Å². The van der Waals surface area contributed by atoms with Gasteiger partial charge in [-0.1, -0.05) is 42.5 Å². The minimum Gasteiger partial charge on any atom is -0.489 e. The van der Waals surface area contributed by atoms with E-state index in [2.05, 4.69) is 5.32 Å². The molecule has 0 radical (unpaired) electrons. The first-order chi connectivity index (χ1) is 14.2. The Bertz CT molecular complexity index is 1170. The van der Waals surface area contributed by atoms with E-state index in [-0.39, 0.29) is 11.6 Å². The van der Waals surface area contributed by atoms with Crippen molar-refractivity contribution >= 4 is 10.9 Å². The van der Waals surface area contributed by atoms with Crippen molar-refractivity contribution in [3.8, 4) is 11.4 Å². The van der Waals surface area contributed by atoms with Gasteiger partial charge in [0.05, 0.1) is 22.6 Å². The molecule has 4 aromatic rings. The van der Waals surface area contributed by atoms with Crippen molar-refractivity contribution in [1.29, 1.82) is 0 Å². The fourth-order valence-electron chi connectivity index (χ4n) is 3.25. The minimum atomic E-state index is -0.0821. The SMILES string of the molecule is CNC(C)c1nc2ccccc2c(=O)n1-c1ccc(OCc2ccccc2)cc1. The first kappa shape index (κ1) is 18.9. The van der Waals surface area contributed by atoms with Gasteiger partial charge in [-0.3, -0.25) is 9.36 Å². The highest BCUT2D eigenvalue weighted by Crippen LogP contribution is 2.20. The summed E-state index contributed by atoms with van der Waals surface area (Å²) in [6.45, 7) is 2.49. The summed E-state index contributed by atoms with van der Waals surface area (Å²) in [7, 11) is 1.86. The fraction of sp³-hybridized carbons (Fsp3) is 0.167. The Hall–Kier alpha value is -3.44. The molecule has 0 amide bonds. The molecule has 5 nitrogen and oxygen atoms in total. The highest BCUT2D eigenvalue weighted by atomic mass is 16.5. The van der Waals surface area contributed by atoms with Crippen molar-refractivity contribution in [2.75, 3.05) is 7.05 Å². The maximum atomic E-state index is 13.2. The lowest BCUT2D eigenvalue weighted by atomic mass is 10.2. The molecule has 1 heterocycles. The highest BCUT2D eigenvalue weighted by Gasteiger charge is 2.16. The molecule has 1 aromatic heterocycles. The number of hydrogen-bond acceptors (Lipinski definition) is 4. The molecule has 0 saturated carbocycles. The maximum Gasteiger partial charge on any atom is 0.266 e. The zero-order valence-corrected chi connectivity index (χ0v) is 16.5. The summed E-state index contributed by atoms with van der Waals surface area (Å²) in [4.78, 5) is 18.0. The van der Waals surface area contributed by atoms with Crippen molar-refractivity contribution in [3.63, 3.8) is 0 Å². The van der Waals surface area contributed by atoms with Crippen LogP contribution in [-0.2, 0) is 6.61 Å². The Morgan fingerprint density at radius 3 is 2.38 bits per heavy atom. The van der Waals surface area contributed by atoms with Crippen LogP contribution in [0.4, 0.5) is 0 Å². The summed E-state index contributed by atoms with van der Waals surface area (Å²) in [5.74, 6) is 1.43. The highest BCUT2D eigenvalue weighted by molar-refractivity contribution is 5.77. The van der Waals surface area contributed by atoms with Crippen LogP contribution in [0.3, 0.4) is 0 Å². The number of aromatic nitrogens is 2. The molecule has 29 heavy (non-hydrogen) atoms. The second kappa shape index (κ2) is 8.29. The monoisotopic (exact) mass is 385 g/mol. The number of nitrogens with one attached hydrogen (secondary N) is 1. The van der Waals surface area contributed by atoms with Gasteiger partial charge in [0.1, 0.15) is 18.2 Å².